The summed E-state index contributed by atoms with van der Waals surface area (Å²) in [5.74, 6) is 1.30. The first-order chi connectivity index (χ1) is 17.0. The molecule has 2 aromatic carbocycles. The van der Waals surface area contributed by atoms with Crippen LogP contribution in [0, 0.1) is 5.92 Å². The number of methoxy groups -OCH3 is 1. The first-order valence-corrected chi connectivity index (χ1v) is 12.2. The molecular formula is C27H33N5O3. The van der Waals surface area contributed by atoms with Gasteiger partial charge in [-0.2, -0.15) is 5.10 Å². The van der Waals surface area contributed by atoms with Gasteiger partial charge in [0, 0.05) is 30.9 Å². The van der Waals surface area contributed by atoms with E-state index in [0.29, 0.717) is 19.1 Å². The number of hydrogen-bond donors (Lipinski definition) is 2. The average Bonchev–Trinajstić information content (AvgIpc) is 3.43. The number of amides is 1. The average molecular weight is 476 g/mol. The van der Waals surface area contributed by atoms with Crippen LogP contribution in [0.15, 0.2) is 48.8 Å². The maximum absolute atomic E-state index is 13.4. The van der Waals surface area contributed by atoms with E-state index in [1.54, 1.807) is 7.11 Å². The third-order valence-corrected chi connectivity index (χ3v) is 7.17. The quantitative estimate of drug-likeness (QED) is 0.564. The summed E-state index contributed by atoms with van der Waals surface area (Å²) in [6.07, 6.45) is 6.51. The van der Waals surface area contributed by atoms with Gasteiger partial charge in [-0.3, -0.25) is 9.89 Å². The molecule has 0 spiro atoms. The van der Waals surface area contributed by atoms with Gasteiger partial charge >= 0.3 is 0 Å². The number of aromatic amines is 1. The fraction of sp³-hybridized carbons (Fsp3) is 0.407. The number of anilines is 2. The van der Waals surface area contributed by atoms with Crippen molar-refractivity contribution in [3.8, 4) is 22.6 Å². The highest BCUT2D eigenvalue weighted by Gasteiger charge is 2.28. The topological polar surface area (TPSA) is 82.7 Å². The van der Waals surface area contributed by atoms with E-state index in [1.165, 1.54) is 0 Å². The number of aromatic nitrogens is 2. The first-order valence-electron chi connectivity index (χ1n) is 12.2. The molecule has 1 amide bonds. The Balaban J connectivity index is 1.37. The van der Waals surface area contributed by atoms with Gasteiger partial charge in [0.1, 0.15) is 18.1 Å². The lowest BCUT2D eigenvalue weighted by Gasteiger charge is -2.37. The Morgan fingerprint density at radius 2 is 2.00 bits per heavy atom. The molecule has 2 N–H and O–H groups in total. The van der Waals surface area contributed by atoms with E-state index >= 15 is 0 Å². The Morgan fingerprint density at radius 1 is 1.17 bits per heavy atom. The molecular weight excluding hydrogens is 442 g/mol. The van der Waals surface area contributed by atoms with Gasteiger partial charge in [-0.05, 0) is 74.8 Å². The minimum absolute atomic E-state index is 0.0287. The highest BCUT2D eigenvalue weighted by atomic mass is 16.5. The van der Waals surface area contributed by atoms with E-state index in [9.17, 15) is 4.79 Å². The summed E-state index contributed by atoms with van der Waals surface area (Å²) in [5.41, 5.74) is 4.98. The second-order valence-corrected chi connectivity index (χ2v) is 9.58. The summed E-state index contributed by atoms with van der Waals surface area (Å²) in [6, 6.07) is 12.5. The Labute approximate surface area is 206 Å². The van der Waals surface area contributed by atoms with E-state index in [-0.39, 0.29) is 11.8 Å². The molecule has 2 aliphatic rings. The van der Waals surface area contributed by atoms with E-state index in [4.69, 9.17) is 9.47 Å². The van der Waals surface area contributed by atoms with Crippen LogP contribution in [0.1, 0.15) is 18.4 Å². The van der Waals surface area contributed by atoms with Crippen molar-refractivity contribution in [3.05, 3.63) is 54.4 Å². The SMILES string of the molecule is COc1ccc2c(c1)CC(C(=O)Nc1ccc(-c3cn[nH]c3)cc1N1CCC(N(C)C)CC1)CO2. The number of H-pyrrole nitrogens is 1. The first kappa shape index (κ1) is 23.2. The predicted molar refractivity (Wildman–Crippen MR) is 137 cm³/mol. The van der Waals surface area contributed by atoms with Gasteiger partial charge in [0.15, 0.2) is 0 Å². The molecule has 0 aliphatic carbocycles. The molecule has 1 saturated heterocycles. The molecule has 0 bridgehead atoms. The van der Waals surface area contributed by atoms with Crippen molar-refractivity contribution in [1.29, 1.82) is 0 Å². The molecule has 35 heavy (non-hydrogen) atoms. The van der Waals surface area contributed by atoms with E-state index in [1.807, 2.05) is 42.7 Å². The molecule has 1 fully saturated rings. The minimum Gasteiger partial charge on any atom is -0.497 e. The zero-order valence-electron chi connectivity index (χ0n) is 20.6. The van der Waals surface area contributed by atoms with Crippen LogP contribution in [0.5, 0.6) is 11.5 Å². The second kappa shape index (κ2) is 10.00. The van der Waals surface area contributed by atoms with Gasteiger partial charge < -0.3 is 24.6 Å². The third-order valence-electron chi connectivity index (χ3n) is 7.17. The molecule has 1 atom stereocenters. The molecule has 184 valence electrons. The lowest BCUT2D eigenvalue weighted by Crippen LogP contribution is -2.42. The Morgan fingerprint density at radius 3 is 2.71 bits per heavy atom. The van der Waals surface area contributed by atoms with Crippen LogP contribution in [0.4, 0.5) is 11.4 Å². The largest absolute Gasteiger partial charge is 0.497 e. The summed E-state index contributed by atoms with van der Waals surface area (Å²) in [7, 11) is 5.93. The number of carbonyl (C=O) groups is 1. The number of piperidine rings is 1. The zero-order valence-corrected chi connectivity index (χ0v) is 20.6. The van der Waals surface area contributed by atoms with Crippen LogP contribution in [0.2, 0.25) is 0 Å². The van der Waals surface area contributed by atoms with Crippen LogP contribution in [-0.2, 0) is 11.2 Å². The highest BCUT2D eigenvalue weighted by Crippen LogP contribution is 2.35. The van der Waals surface area contributed by atoms with E-state index in [2.05, 4.69) is 45.5 Å². The van der Waals surface area contributed by atoms with Crippen molar-refractivity contribution in [3.63, 3.8) is 0 Å². The number of rotatable bonds is 6. The van der Waals surface area contributed by atoms with Crippen molar-refractivity contribution >= 4 is 17.3 Å². The van der Waals surface area contributed by atoms with E-state index in [0.717, 1.165) is 65.5 Å². The number of nitrogens with one attached hydrogen (secondary N) is 2. The summed E-state index contributed by atoms with van der Waals surface area (Å²) >= 11 is 0. The molecule has 8 nitrogen and oxygen atoms in total. The molecule has 5 rings (SSSR count). The Bertz CT molecular complexity index is 1170. The predicted octanol–water partition coefficient (Wildman–Crippen LogP) is 3.81. The zero-order chi connectivity index (χ0) is 24.4. The lowest BCUT2D eigenvalue weighted by molar-refractivity contribution is -0.121. The van der Waals surface area contributed by atoms with Crippen molar-refractivity contribution in [2.75, 3.05) is 51.1 Å². The van der Waals surface area contributed by atoms with Gasteiger partial charge in [-0.25, -0.2) is 0 Å². The normalized spacial score (nSPS) is 18.2. The van der Waals surface area contributed by atoms with Gasteiger partial charge in [0.25, 0.3) is 0 Å². The fourth-order valence-corrected chi connectivity index (χ4v) is 5.01. The van der Waals surface area contributed by atoms with Crippen molar-refractivity contribution in [2.24, 2.45) is 5.92 Å². The lowest BCUT2D eigenvalue weighted by atomic mass is 9.95. The molecule has 0 radical (unpaired) electrons. The van der Waals surface area contributed by atoms with Crippen LogP contribution in [-0.4, -0.2) is 67.9 Å². The van der Waals surface area contributed by atoms with Crippen LogP contribution < -0.4 is 19.7 Å². The number of nitrogens with zero attached hydrogens (tertiary/aromatic N) is 3. The number of fused-ring (bicyclic) bond motifs is 1. The fourth-order valence-electron chi connectivity index (χ4n) is 5.01. The Kier molecular flexibility index (Phi) is 6.63. The smallest absolute Gasteiger partial charge is 0.231 e. The van der Waals surface area contributed by atoms with Gasteiger partial charge in [-0.15, -0.1) is 0 Å². The van der Waals surface area contributed by atoms with Crippen molar-refractivity contribution < 1.29 is 14.3 Å². The molecule has 1 aromatic heterocycles. The minimum atomic E-state index is -0.268. The maximum atomic E-state index is 13.4. The monoisotopic (exact) mass is 475 g/mol. The van der Waals surface area contributed by atoms with Crippen LogP contribution in [0.25, 0.3) is 11.1 Å². The van der Waals surface area contributed by atoms with Gasteiger partial charge in [0.2, 0.25) is 5.91 Å². The number of benzene rings is 2. The molecule has 0 saturated carbocycles. The molecule has 2 aliphatic heterocycles. The third kappa shape index (κ3) is 4.98. The molecule has 3 heterocycles. The number of ether oxygens (including phenoxy) is 2. The Hall–Kier alpha value is -3.52. The van der Waals surface area contributed by atoms with Gasteiger partial charge in [-0.1, -0.05) is 6.07 Å². The summed E-state index contributed by atoms with van der Waals surface area (Å²) < 4.78 is 11.2. The van der Waals surface area contributed by atoms with Crippen LogP contribution in [0.3, 0.4) is 0 Å². The summed E-state index contributed by atoms with van der Waals surface area (Å²) in [5, 5.41) is 10.2. The van der Waals surface area contributed by atoms with Crippen molar-refractivity contribution in [1.82, 2.24) is 15.1 Å². The second-order valence-electron chi connectivity index (χ2n) is 9.58. The standard InChI is InChI=1S/C27H33N5O3/c1-31(2)22-8-10-32(11-9-22)25-14-18(21-15-28-29-16-21)4-6-24(25)30-27(33)20-12-19-13-23(34-3)5-7-26(19)35-17-20/h4-7,13-16,20,22H,8-12,17H2,1-3H3,(H,28,29)(H,30,33). The number of hydrogen-bond acceptors (Lipinski definition) is 6. The highest BCUT2D eigenvalue weighted by molar-refractivity contribution is 5.97. The van der Waals surface area contributed by atoms with Crippen molar-refractivity contribution in [2.45, 2.75) is 25.3 Å². The summed E-state index contributed by atoms with van der Waals surface area (Å²) in [4.78, 5) is 18.0. The van der Waals surface area contributed by atoms with E-state index < -0.39 is 0 Å². The van der Waals surface area contributed by atoms with Crippen LogP contribution >= 0.6 is 0 Å². The molecule has 8 heteroatoms. The van der Waals surface area contributed by atoms with Gasteiger partial charge in [0.05, 0.1) is 30.6 Å². The maximum Gasteiger partial charge on any atom is 0.231 e. The molecule has 1 unspecified atom stereocenters. The number of carbonyl (C=O) groups excluding carboxylic acids is 1. The summed E-state index contributed by atoms with van der Waals surface area (Å²) in [6.45, 7) is 2.25. The molecule has 3 aromatic rings.